The molecule has 2 aliphatic heterocycles. The molecule has 0 unspecified atom stereocenters. The fourth-order valence-electron chi connectivity index (χ4n) is 3.23. The van der Waals surface area contributed by atoms with Crippen LogP contribution in [-0.2, 0) is 14.3 Å². The third kappa shape index (κ3) is 3.80. The van der Waals surface area contributed by atoms with Crippen molar-refractivity contribution in [3.63, 3.8) is 0 Å². The van der Waals surface area contributed by atoms with Gasteiger partial charge in [-0.05, 0) is 39.3 Å². The molecule has 1 N–H and O–H groups in total. The van der Waals surface area contributed by atoms with Crippen molar-refractivity contribution in [1.29, 1.82) is 0 Å². The number of amides is 1. The Morgan fingerprint density at radius 2 is 2.00 bits per heavy atom. The van der Waals surface area contributed by atoms with Crippen LogP contribution in [0.25, 0.3) is 0 Å². The molecule has 3 rings (SSSR count). The van der Waals surface area contributed by atoms with Gasteiger partial charge in [0.2, 0.25) is 12.7 Å². The first-order valence-corrected chi connectivity index (χ1v) is 8.64. The van der Waals surface area contributed by atoms with Crippen LogP contribution >= 0.6 is 0 Å². The lowest BCUT2D eigenvalue weighted by Crippen LogP contribution is -2.41. The van der Waals surface area contributed by atoms with Crippen molar-refractivity contribution in [1.82, 2.24) is 4.90 Å². The minimum atomic E-state index is -0.398. The summed E-state index contributed by atoms with van der Waals surface area (Å²) < 4.78 is 15.7. The van der Waals surface area contributed by atoms with E-state index in [4.69, 9.17) is 14.2 Å². The number of carbonyl (C=O) groups excluding carboxylic acids is 3. The number of benzene rings is 1. The van der Waals surface area contributed by atoms with Crippen LogP contribution in [0.4, 0.5) is 5.69 Å². The van der Waals surface area contributed by atoms with E-state index in [1.54, 1.807) is 24.0 Å². The monoisotopic (exact) mass is 362 g/mol. The summed E-state index contributed by atoms with van der Waals surface area (Å²) in [7, 11) is 0. The molecule has 1 aromatic carbocycles. The molecular formula is C18H22N2O6. The molecule has 0 aromatic heterocycles. The third-order valence-electron chi connectivity index (χ3n) is 4.44. The molecule has 0 aliphatic carbocycles. The molecule has 0 bridgehead atoms. The number of hydrogen-bond acceptors (Lipinski definition) is 7. The smallest absolute Gasteiger partial charge is 0.323 e. The van der Waals surface area contributed by atoms with Gasteiger partial charge in [-0.3, -0.25) is 19.3 Å². The molecule has 8 heteroatoms. The number of hydrogen-bond donors (Lipinski definition) is 1. The number of nitrogens with one attached hydrogen (secondary N) is 1. The van der Waals surface area contributed by atoms with Gasteiger partial charge in [-0.15, -0.1) is 0 Å². The van der Waals surface area contributed by atoms with E-state index in [1.165, 1.54) is 6.92 Å². The maximum Gasteiger partial charge on any atom is 0.323 e. The molecule has 1 aromatic rings. The average Bonchev–Trinajstić information content (AvgIpc) is 3.22. The molecule has 0 saturated carbocycles. The Labute approximate surface area is 151 Å². The van der Waals surface area contributed by atoms with Crippen LogP contribution in [0.2, 0.25) is 0 Å². The fraction of sp³-hybridized carbons (Fsp3) is 0.500. The van der Waals surface area contributed by atoms with E-state index in [-0.39, 0.29) is 31.0 Å². The first kappa shape index (κ1) is 18.2. The van der Waals surface area contributed by atoms with E-state index in [9.17, 15) is 14.4 Å². The summed E-state index contributed by atoms with van der Waals surface area (Å²) in [5.41, 5.74) is 0.726. The summed E-state index contributed by atoms with van der Waals surface area (Å²) in [5.74, 6) is 0.169. The van der Waals surface area contributed by atoms with Crippen molar-refractivity contribution < 1.29 is 28.6 Å². The Balaban J connectivity index is 1.70. The number of likely N-dealkylation sites (tertiary alicyclic amines) is 1. The van der Waals surface area contributed by atoms with Gasteiger partial charge >= 0.3 is 5.97 Å². The van der Waals surface area contributed by atoms with Gasteiger partial charge in [0.25, 0.3) is 0 Å². The molecule has 0 radical (unpaired) electrons. The minimum absolute atomic E-state index is 0.0509. The fourth-order valence-corrected chi connectivity index (χ4v) is 3.23. The number of carbonyl (C=O) groups is 3. The van der Waals surface area contributed by atoms with Crippen LogP contribution in [0.5, 0.6) is 11.5 Å². The Hall–Kier alpha value is -2.61. The second kappa shape index (κ2) is 7.74. The van der Waals surface area contributed by atoms with E-state index < -0.39 is 6.04 Å². The number of Topliss-reactive ketones (excluding diaryl/α,β-unsaturated/α-hetero) is 1. The Bertz CT molecular complexity index is 733. The summed E-state index contributed by atoms with van der Waals surface area (Å²) in [6.07, 6.45) is 1.51. The quantitative estimate of drug-likeness (QED) is 0.606. The largest absolute Gasteiger partial charge is 0.465 e. The molecule has 2 heterocycles. The molecule has 1 amide bonds. The predicted molar refractivity (Wildman–Crippen MR) is 92.4 cm³/mol. The summed E-state index contributed by atoms with van der Waals surface area (Å²) >= 11 is 0. The second-order valence-corrected chi connectivity index (χ2v) is 6.24. The van der Waals surface area contributed by atoms with Crippen LogP contribution in [0.3, 0.4) is 0 Å². The maximum absolute atomic E-state index is 12.5. The van der Waals surface area contributed by atoms with Crippen LogP contribution in [-0.4, -0.2) is 55.1 Å². The van der Waals surface area contributed by atoms with Crippen LogP contribution in [0.1, 0.15) is 37.0 Å². The van der Waals surface area contributed by atoms with Crippen molar-refractivity contribution in [3.05, 3.63) is 17.7 Å². The van der Waals surface area contributed by atoms with E-state index in [0.29, 0.717) is 42.3 Å². The highest BCUT2D eigenvalue weighted by atomic mass is 16.7. The lowest BCUT2D eigenvalue weighted by atomic mass is 10.1. The van der Waals surface area contributed by atoms with Gasteiger partial charge in [-0.25, -0.2) is 0 Å². The summed E-state index contributed by atoms with van der Waals surface area (Å²) in [6, 6.07) is 2.76. The number of nitrogens with zero attached hydrogens (tertiary/aromatic N) is 1. The lowest BCUT2D eigenvalue weighted by Gasteiger charge is -2.22. The molecule has 0 spiro atoms. The number of ether oxygens (including phenoxy) is 3. The lowest BCUT2D eigenvalue weighted by molar-refractivity contribution is -0.148. The molecule has 1 atom stereocenters. The second-order valence-electron chi connectivity index (χ2n) is 6.24. The number of rotatable bonds is 6. The maximum atomic E-state index is 12.5. The number of anilines is 1. The molecule has 1 saturated heterocycles. The Morgan fingerprint density at radius 3 is 2.69 bits per heavy atom. The SMILES string of the molecule is CCOC(=O)[C@@H]1CCCN1CC(=O)Nc1cc2c(cc1C(C)=O)OCO2. The Kier molecular flexibility index (Phi) is 5.41. The van der Waals surface area contributed by atoms with E-state index in [2.05, 4.69) is 5.32 Å². The van der Waals surface area contributed by atoms with Gasteiger partial charge in [-0.1, -0.05) is 0 Å². The highest BCUT2D eigenvalue weighted by Gasteiger charge is 2.33. The highest BCUT2D eigenvalue weighted by molar-refractivity contribution is 6.05. The highest BCUT2D eigenvalue weighted by Crippen LogP contribution is 2.37. The normalized spacial score (nSPS) is 18.6. The van der Waals surface area contributed by atoms with Gasteiger partial charge < -0.3 is 19.5 Å². The van der Waals surface area contributed by atoms with Crippen molar-refractivity contribution >= 4 is 23.3 Å². The van der Waals surface area contributed by atoms with Gasteiger partial charge in [0.15, 0.2) is 17.3 Å². The van der Waals surface area contributed by atoms with E-state index in [0.717, 1.165) is 6.42 Å². The molecule has 140 valence electrons. The molecule has 2 aliphatic rings. The van der Waals surface area contributed by atoms with Crippen molar-refractivity contribution in [2.45, 2.75) is 32.7 Å². The predicted octanol–water partition coefficient (Wildman–Crippen LogP) is 1.58. The number of fused-ring (bicyclic) bond motifs is 1. The zero-order valence-corrected chi connectivity index (χ0v) is 14.9. The topological polar surface area (TPSA) is 94.2 Å². The number of esters is 1. The summed E-state index contributed by atoms with van der Waals surface area (Å²) in [5, 5.41) is 2.75. The summed E-state index contributed by atoms with van der Waals surface area (Å²) in [6.45, 7) is 4.28. The minimum Gasteiger partial charge on any atom is -0.465 e. The van der Waals surface area contributed by atoms with Gasteiger partial charge in [0.1, 0.15) is 6.04 Å². The zero-order valence-electron chi connectivity index (χ0n) is 14.9. The zero-order chi connectivity index (χ0) is 18.7. The van der Waals surface area contributed by atoms with Crippen LogP contribution < -0.4 is 14.8 Å². The first-order valence-electron chi connectivity index (χ1n) is 8.64. The van der Waals surface area contributed by atoms with Gasteiger partial charge in [0.05, 0.1) is 18.8 Å². The van der Waals surface area contributed by atoms with Crippen LogP contribution in [0, 0.1) is 0 Å². The van der Waals surface area contributed by atoms with Gasteiger partial charge in [-0.2, -0.15) is 0 Å². The molecule has 8 nitrogen and oxygen atoms in total. The summed E-state index contributed by atoms with van der Waals surface area (Å²) in [4.78, 5) is 38.2. The van der Waals surface area contributed by atoms with Crippen LogP contribution in [0.15, 0.2) is 12.1 Å². The number of ketones is 1. The van der Waals surface area contributed by atoms with Crippen molar-refractivity contribution in [2.24, 2.45) is 0 Å². The first-order chi connectivity index (χ1) is 12.5. The molecule has 1 fully saturated rings. The average molecular weight is 362 g/mol. The van der Waals surface area contributed by atoms with Gasteiger partial charge in [0, 0.05) is 11.6 Å². The Morgan fingerprint density at radius 1 is 1.27 bits per heavy atom. The standard InChI is InChI=1S/C18H22N2O6/c1-3-24-18(23)14-5-4-6-20(14)9-17(22)19-13-8-16-15(25-10-26-16)7-12(13)11(2)21/h7-8,14H,3-6,9-10H2,1-2H3,(H,19,22)/t14-/m0/s1. The molecular weight excluding hydrogens is 340 g/mol. The van der Waals surface area contributed by atoms with Crippen molar-refractivity contribution in [3.8, 4) is 11.5 Å². The van der Waals surface area contributed by atoms with E-state index >= 15 is 0 Å². The molecule has 26 heavy (non-hydrogen) atoms. The third-order valence-corrected chi connectivity index (χ3v) is 4.44. The van der Waals surface area contributed by atoms with E-state index in [1.807, 2.05) is 0 Å². The van der Waals surface area contributed by atoms with Crippen molar-refractivity contribution in [2.75, 3.05) is 31.8 Å².